The van der Waals surface area contributed by atoms with E-state index in [2.05, 4.69) is 15.5 Å². The Morgan fingerprint density at radius 3 is 2.50 bits per heavy atom. The highest BCUT2D eigenvalue weighted by molar-refractivity contribution is 5.88. The average molecular weight is 624 g/mol. The molecule has 0 bridgehead atoms. The van der Waals surface area contributed by atoms with Crippen molar-refractivity contribution in [2.24, 2.45) is 11.1 Å². The molecule has 1 aromatic heterocycles. The van der Waals surface area contributed by atoms with Crippen molar-refractivity contribution in [3.05, 3.63) is 30.0 Å². The number of piperidine rings is 1. The quantitative estimate of drug-likeness (QED) is 0.418. The Labute approximate surface area is 253 Å². The van der Waals surface area contributed by atoms with Crippen LogP contribution in [0.2, 0.25) is 0 Å². The van der Waals surface area contributed by atoms with E-state index >= 15 is 0 Å². The average Bonchev–Trinajstić information content (AvgIpc) is 3.66. The first kappa shape index (κ1) is 32.0. The van der Waals surface area contributed by atoms with Crippen LogP contribution in [-0.2, 0) is 14.3 Å². The summed E-state index contributed by atoms with van der Waals surface area (Å²) in [7, 11) is 1.21. The van der Waals surface area contributed by atoms with E-state index in [-0.39, 0.29) is 35.4 Å². The number of nitrogens with zero attached hydrogens (tertiary/aromatic N) is 5. The molecule has 44 heavy (non-hydrogen) atoms. The van der Waals surface area contributed by atoms with Crippen LogP contribution < -0.4 is 4.74 Å². The Hall–Kier alpha value is -3.40. The molecule has 1 amide bonds. The minimum Gasteiger partial charge on any atom is -0.494 e. The Kier molecular flexibility index (Phi) is 9.39. The number of aliphatic hydroxyl groups excluding tert-OH is 3. The summed E-state index contributed by atoms with van der Waals surface area (Å²) in [5.41, 5.74) is 0.647. The third-order valence-corrected chi connectivity index (χ3v) is 8.19. The van der Waals surface area contributed by atoms with Gasteiger partial charge in [-0.15, -0.1) is 5.10 Å². The summed E-state index contributed by atoms with van der Waals surface area (Å²) in [5.74, 6) is -2.45. The van der Waals surface area contributed by atoms with E-state index < -0.39 is 60.4 Å². The molecule has 3 N–H and O–H groups in total. The molecule has 0 radical (unpaired) electrons. The van der Waals surface area contributed by atoms with Crippen molar-refractivity contribution in [2.75, 3.05) is 26.8 Å². The Balaban J connectivity index is 1.22. The lowest BCUT2D eigenvalue weighted by Crippen LogP contribution is -2.56. The number of oxime groups is 1. The van der Waals surface area contributed by atoms with Gasteiger partial charge in [-0.25, -0.2) is 13.9 Å². The maximum Gasteiger partial charge on any atom is 0.410 e. The number of carbonyl (C=O) groups is 1. The molecule has 2 aromatic rings. The zero-order valence-electron chi connectivity index (χ0n) is 25.1. The molecule has 0 spiro atoms. The second-order valence-corrected chi connectivity index (χ2v) is 12.4. The number of benzene rings is 1. The molecule has 6 atom stereocenters. The number of likely N-dealkylation sites (tertiary alicyclic amines) is 1. The topological polar surface area (TPSA) is 161 Å². The highest BCUT2D eigenvalue weighted by Gasteiger charge is 2.47. The lowest BCUT2D eigenvalue weighted by molar-refractivity contribution is -0.212. The summed E-state index contributed by atoms with van der Waals surface area (Å²) in [5, 5.41) is 44.6. The highest BCUT2D eigenvalue weighted by atomic mass is 19.2. The first-order valence-corrected chi connectivity index (χ1v) is 14.7. The molecule has 0 saturated carbocycles. The second-order valence-electron chi connectivity index (χ2n) is 12.4. The summed E-state index contributed by atoms with van der Waals surface area (Å²) in [4.78, 5) is 19.8. The van der Waals surface area contributed by atoms with Crippen LogP contribution in [0.15, 0.2) is 23.5 Å². The number of carbonyl (C=O) groups excluding carboxylic acids is 1. The molecular formula is C29H39F2N5O8. The third kappa shape index (κ3) is 6.80. The number of amides is 1. The Morgan fingerprint density at radius 2 is 1.84 bits per heavy atom. The van der Waals surface area contributed by atoms with Gasteiger partial charge in [-0.2, -0.15) is 4.39 Å². The first-order valence-electron chi connectivity index (χ1n) is 14.7. The van der Waals surface area contributed by atoms with Crippen LogP contribution in [0.1, 0.15) is 52.5 Å². The van der Waals surface area contributed by atoms with Gasteiger partial charge >= 0.3 is 6.09 Å². The molecule has 242 valence electrons. The van der Waals surface area contributed by atoms with E-state index in [0.717, 1.165) is 24.6 Å². The van der Waals surface area contributed by atoms with Gasteiger partial charge in [0.25, 0.3) is 0 Å². The minimum atomic E-state index is -1.35. The smallest absolute Gasteiger partial charge is 0.410 e. The molecule has 2 saturated heterocycles. The molecule has 4 heterocycles. The molecule has 1 aromatic carbocycles. The van der Waals surface area contributed by atoms with Crippen LogP contribution in [0.3, 0.4) is 0 Å². The molecule has 3 aliphatic heterocycles. The number of aliphatic hydroxyl groups is 3. The molecule has 2 fully saturated rings. The van der Waals surface area contributed by atoms with Gasteiger partial charge in [-0.3, -0.25) is 0 Å². The van der Waals surface area contributed by atoms with Crippen LogP contribution in [0.5, 0.6) is 5.75 Å². The summed E-state index contributed by atoms with van der Waals surface area (Å²) in [6, 6.07) is 1.14. The zero-order valence-corrected chi connectivity index (χ0v) is 25.1. The van der Waals surface area contributed by atoms with Gasteiger partial charge in [0.1, 0.15) is 41.8 Å². The highest BCUT2D eigenvalue weighted by Crippen LogP contribution is 2.36. The molecule has 15 heteroatoms. The van der Waals surface area contributed by atoms with E-state index in [0.29, 0.717) is 19.5 Å². The molecule has 13 nitrogen and oxygen atoms in total. The summed E-state index contributed by atoms with van der Waals surface area (Å²) >= 11 is 0. The maximum atomic E-state index is 14.1. The molecule has 5 rings (SSSR count). The van der Waals surface area contributed by atoms with Crippen molar-refractivity contribution in [1.82, 2.24) is 19.9 Å². The van der Waals surface area contributed by atoms with Crippen LogP contribution >= 0.6 is 0 Å². The Bertz CT molecular complexity index is 1360. The minimum absolute atomic E-state index is 0.138. The van der Waals surface area contributed by atoms with Crippen LogP contribution in [0.25, 0.3) is 11.3 Å². The number of hydrogen-bond acceptors (Lipinski definition) is 11. The lowest BCUT2D eigenvalue weighted by atomic mass is 9.86. The summed E-state index contributed by atoms with van der Waals surface area (Å²) < 4.78 is 45.5. The monoisotopic (exact) mass is 623 g/mol. The number of halogens is 2. The number of hydrogen-bond donors (Lipinski definition) is 3. The fourth-order valence-corrected chi connectivity index (χ4v) is 5.90. The normalized spacial score (nSPS) is 28.0. The number of methoxy groups -OCH3 is 1. The van der Waals surface area contributed by atoms with Gasteiger partial charge in [-0.05, 0) is 45.7 Å². The lowest BCUT2D eigenvalue weighted by Gasteiger charge is -2.42. The number of ether oxygens (including phenoxy) is 3. The molecular weight excluding hydrogens is 584 g/mol. The molecule has 3 aliphatic rings. The van der Waals surface area contributed by atoms with Crippen molar-refractivity contribution in [3.8, 4) is 17.0 Å². The van der Waals surface area contributed by atoms with E-state index in [1.165, 1.54) is 24.1 Å². The number of rotatable bonds is 7. The maximum absolute atomic E-state index is 14.1. The molecule has 1 unspecified atom stereocenters. The van der Waals surface area contributed by atoms with Crippen molar-refractivity contribution in [1.29, 1.82) is 0 Å². The van der Waals surface area contributed by atoms with Gasteiger partial charge in [0.2, 0.25) is 5.82 Å². The van der Waals surface area contributed by atoms with Crippen molar-refractivity contribution < 1.29 is 47.9 Å². The van der Waals surface area contributed by atoms with Crippen molar-refractivity contribution in [2.45, 2.75) is 88.6 Å². The van der Waals surface area contributed by atoms with E-state index in [1.54, 1.807) is 4.90 Å². The van der Waals surface area contributed by atoms with E-state index in [9.17, 15) is 28.9 Å². The largest absolute Gasteiger partial charge is 0.494 e. The van der Waals surface area contributed by atoms with Crippen LogP contribution in [0, 0.1) is 17.6 Å². The van der Waals surface area contributed by atoms with Crippen molar-refractivity contribution >= 4 is 11.8 Å². The molecule has 0 aliphatic carbocycles. The van der Waals surface area contributed by atoms with Crippen LogP contribution in [0.4, 0.5) is 13.6 Å². The first-order chi connectivity index (χ1) is 20.9. The predicted molar refractivity (Wildman–Crippen MR) is 151 cm³/mol. The van der Waals surface area contributed by atoms with Gasteiger partial charge < -0.3 is 39.3 Å². The van der Waals surface area contributed by atoms with Crippen LogP contribution in [-0.4, -0.2) is 110 Å². The van der Waals surface area contributed by atoms with Gasteiger partial charge in [0.05, 0.1) is 31.7 Å². The Morgan fingerprint density at radius 1 is 1.14 bits per heavy atom. The summed E-state index contributed by atoms with van der Waals surface area (Å²) in [6.45, 7) is 6.06. The van der Waals surface area contributed by atoms with Crippen molar-refractivity contribution in [3.63, 3.8) is 0 Å². The van der Waals surface area contributed by atoms with E-state index in [4.69, 9.17) is 19.0 Å². The number of aromatic nitrogens is 3. The van der Waals surface area contributed by atoms with Gasteiger partial charge in [0.15, 0.2) is 11.6 Å². The van der Waals surface area contributed by atoms with Gasteiger partial charge in [0, 0.05) is 37.4 Å². The predicted octanol–water partition coefficient (Wildman–Crippen LogP) is 2.44. The SMILES string of the molecule is COc1cc(-c2cn([C@H]3[C@@H](O)[C@@H](CO)O[C@H](CC4CC(C5CCN(C(=O)OC(C)(C)C)CC5)=NO4)[C@@H]3O)nn2)cc(F)c1F. The fraction of sp³-hybridized carbons (Fsp3) is 0.655. The summed E-state index contributed by atoms with van der Waals surface area (Å²) in [6.07, 6.45) is -1.74. The fourth-order valence-electron chi connectivity index (χ4n) is 5.90. The second kappa shape index (κ2) is 12.9. The standard InChI is InChI=1S/C29H39F2N5O8/c1-29(2,3)43-28(40)35-7-5-15(6-8-35)19-11-17(44-33-19)12-22-26(38)25(27(39)23(14-37)42-22)36-13-20(32-34-36)16-9-18(30)24(31)21(10-16)41-4/h9-10,13,15,17,22-23,25-27,37-39H,5-8,11-12,14H2,1-4H3/t17?,22-,23-,25-,26+,27+/m1/s1. The third-order valence-electron chi connectivity index (χ3n) is 8.19. The van der Waals surface area contributed by atoms with E-state index in [1.807, 2.05) is 20.8 Å². The van der Waals surface area contributed by atoms with Gasteiger partial charge in [-0.1, -0.05) is 10.4 Å². The zero-order chi connectivity index (χ0) is 31.8.